The number of anilines is 1. The van der Waals surface area contributed by atoms with E-state index in [-0.39, 0.29) is 11.5 Å². The Kier molecular flexibility index (Phi) is 3.69. The van der Waals surface area contributed by atoms with E-state index >= 15 is 0 Å². The van der Waals surface area contributed by atoms with Gasteiger partial charge in [-0.3, -0.25) is 9.59 Å². The van der Waals surface area contributed by atoms with E-state index in [1.54, 1.807) is 31.3 Å². The van der Waals surface area contributed by atoms with E-state index in [1.165, 1.54) is 10.6 Å². The fourth-order valence-electron chi connectivity index (χ4n) is 2.35. The molecule has 4 nitrogen and oxygen atoms in total. The maximum Gasteiger partial charge on any atom is 0.256 e. The molecular formula is C17H13ClN2O2. The van der Waals surface area contributed by atoms with Crippen molar-refractivity contribution in [2.24, 2.45) is 7.05 Å². The Hall–Kier alpha value is -2.59. The highest BCUT2D eigenvalue weighted by atomic mass is 35.5. The number of amides is 1. The number of aromatic nitrogens is 1. The van der Waals surface area contributed by atoms with Crippen LogP contribution in [-0.4, -0.2) is 10.5 Å². The standard InChI is InChI=1S/C17H13ClN2O2/c1-20-15-9-5-2-6-11(15)12(10-16(20)21)17(22)19-14-8-4-3-7-13(14)18/h2-10H,1H3,(H,19,22). The van der Waals surface area contributed by atoms with Crippen molar-refractivity contribution in [3.63, 3.8) is 0 Å². The van der Waals surface area contributed by atoms with Crippen LogP contribution in [0.2, 0.25) is 5.02 Å². The molecular weight excluding hydrogens is 300 g/mol. The van der Waals surface area contributed by atoms with Crippen molar-refractivity contribution in [3.05, 3.63) is 75.5 Å². The summed E-state index contributed by atoms with van der Waals surface area (Å²) in [5.74, 6) is -0.359. The van der Waals surface area contributed by atoms with Crippen molar-refractivity contribution < 1.29 is 4.79 Å². The van der Waals surface area contributed by atoms with Crippen LogP contribution in [-0.2, 0) is 7.05 Å². The molecule has 0 aliphatic carbocycles. The summed E-state index contributed by atoms with van der Waals surface area (Å²) in [5.41, 5.74) is 1.32. The predicted molar refractivity (Wildman–Crippen MR) is 88.6 cm³/mol. The number of rotatable bonds is 2. The van der Waals surface area contributed by atoms with Gasteiger partial charge in [0, 0.05) is 18.5 Å². The lowest BCUT2D eigenvalue weighted by Crippen LogP contribution is -2.21. The Bertz CT molecular complexity index is 931. The average molecular weight is 313 g/mol. The number of benzene rings is 2. The number of carbonyl (C=O) groups is 1. The summed E-state index contributed by atoms with van der Waals surface area (Å²) in [7, 11) is 1.68. The minimum Gasteiger partial charge on any atom is -0.321 e. The third-order valence-corrected chi connectivity index (χ3v) is 3.85. The SMILES string of the molecule is Cn1c(=O)cc(C(=O)Nc2ccccc2Cl)c2ccccc21. The van der Waals surface area contributed by atoms with Crippen molar-refractivity contribution >= 4 is 34.1 Å². The molecule has 0 unspecified atom stereocenters. The molecule has 1 amide bonds. The van der Waals surface area contributed by atoms with Crippen LogP contribution in [0.1, 0.15) is 10.4 Å². The van der Waals surface area contributed by atoms with Gasteiger partial charge in [0.15, 0.2) is 0 Å². The first kappa shape index (κ1) is 14.4. The highest BCUT2D eigenvalue weighted by Crippen LogP contribution is 2.23. The van der Waals surface area contributed by atoms with E-state index in [9.17, 15) is 9.59 Å². The van der Waals surface area contributed by atoms with Crippen molar-refractivity contribution in [1.82, 2.24) is 4.57 Å². The number of fused-ring (bicyclic) bond motifs is 1. The first-order valence-corrected chi connectivity index (χ1v) is 7.10. The van der Waals surface area contributed by atoms with Crippen LogP contribution < -0.4 is 10.9 Å². The number of pyridine rings is 1. The molecule has 1 N–H and O–H groups in total. The van der Waals surface area contributed by atoms with Gasteiger partial charge in [-0.2, -0.15) is 0 Å². The highest BCUT2D eigenvalue weighted by Gasteiger charge is 2.14. The van der Waals surface area contributed by atoms with Crippen molar-refractivity contribution in [1.29, 1.82) is 0 Å². The van der Waals surface area contributed by atoms with Crippen molar-refractivity contribution in [2.75, 3.05) is 5.32 Å². The molecule has 5 heteroatoms. The quantitative estimate of drug-likeness (QED) is 0.788. The largest absolute Gasteiger partial charge is 0.321 e. The molecule has 0 bridgehead atoms. The average Bonchev–Trinajstić information content (AvgIpc) is 2.53. The smallest absolute Gasteiger partial charge is 0.256 e. The minimum atomic E-state index is -0.359. The summed E-state index contributed by atoms with van der Waals surface area (Å²) >= 11 is 6.05. The number of aryl methyl sites for hydroxylation is 1. The number of hydrogen-bond acceptors (Lipinski definition) is 2. The zero-order valence-electron chi connectivity index (χ0n) is 11.8. The van der Waals surface area contributed by atoms with Gasteiger partial charge in [0.2, 0.25) is 0 Å². The molecule has 3 rings (SSSR count). The lowest BCUT2D eigenvalue weighted by Gasteiger charge is -2.11. The summed E-state index contributed by atoms with van der Waals surface area (Å²) < 4.78 is 1.52. The zero-order valence-corrected chi connectivity index (χ0v) is 12.6. The second kappa shape index (κ2) is 5.66. The summed E-state index contributed by atoms with van der Waals surface area (Å²) in [5, 5.41) is 3.91. The van der Waals surface area contributed by atoms with Gasteiger partial charge < -0.3 is 9.88 Å². The minimum absolute atomic E-state index is 0.233. The number of hydrogen-bond donors (Lipinski definition) is 1. The van der Waals surface area contributed by atoms with Crippen LogP contribution in [0.5, 0.6) is 0 Å². The van der Waals surface area contributed by atoms with Gasteiger partial charge >= 0.3 is 0 Å². The number of carbonyl (C=O) groups excluding carboxylic acids is 1. The monoisotopic (exact) mass is 312 g/mol. The molecule has 1 aromatic heterocycles. The van der Waals surface area contributed by atoms with E-state index in [2.05, 4.69) is 5.32 Å². The summed E-state index contributed by atoms with van der Waals surface area (Å²) in [4.78, 5) is 24.6. The molecule has 0 spiro atoms. The summed E-state index contributed by atoms with van der Waals surface area (Å²) in [6.07, 6.45) is 0. The van der Waals surface area contributed by atoms with Gasteiger partial charge in [0.05, 0.1) is 21.8 Å². The van der Waals surface area contributed by atoms with E-state index in [0.717, 1.165) is 0 Å². The lowest BCUT2D eigenvalue weighted by molar-refractivity contribution is 0.102. The molecule has 0 saturated heterocycles. The first-order valence-electron chi connectivity index (χ1n) is 6.72. The number of para-hydroxylation sites is 2. The van der Waals surface area contributed by atoms with Crippen LogP contribution in [0.25, 0.3) is 10.9 Å². The molecule has 0 fully saturated rings. The van der Waals surface area contributed by atoms with Crippen LogP contribution in [0.3, 0.4) is 0 Å². The molecule has 0 radical (unpaired) electrons. The predicted octanol–water partition coefficient (Wildman–Crippen LogP) is 3.44. The Morgan fingerprint density at radius 3 is 2.55 bits per heavy atom. The van der Waals surface area contributed by atoms with E-state index in [4.69, 9.17) is 11.6 Å². The van der Waals surface area contributed by atoms with Crippen LogP contribution in [0.15, 0.2) is 59.4 Å². The molecule has 22 heavy (non-hydrogen) atoms. The zero-order chi connectivity index (χ0) is 15.7. The van der Waals surface area contributed by atoms with E-state index in [0.29, 0.717) is 27.2 Å². The maximum atomic E-state index is 12.5. The van der Waals surface area contributed by atoms with Crippen molar-refractivity contribution in [2.45, 2.75) is 0 Å². The maximum absolute atomic E-state index is 12.5. The van der Waals surface area contributed by atoms with Crippen LogP contribution >= 0.6 is 11.6 Å². The van der Waals surface area contributed by atoms with E-state index in [1.807, 2.05) is 24.3 Å². The molecule has 2 aromatic carbocycles. The molecule has 110 valence electrons. The van der Waals surface area contributed by atoms with Crippen LogP contribution in [0, 0.1) is 0 Å². The van der Waals surface area contributed by atoms with Crippen molar-refractivity contribution in [3.8, 4) is 0 Å². The molecule has 3 aromatic rings. The Morgan fingerprint density at radius 2 is 1.77 bits per heavy atom. The molecule has 0 atom stereocenters. The van der Waals surface area contributed by atoms with Crippen LogP contribution in [0.4, 0.5) is 5.69 Å². The fraction of sp³-hybridized carbons (Fsp3) is 0.0588. The van der Waals surface area contributed by atoms with Gasteiger partial charge in [-0.15, -0.1) is 0 Å². The topological polar surface area (TPSA) is 51.1 Å². The van der Waals surface area contributed by atoms with Gasteiger partial charge in [-0.1, -0.05) is 41.9 Å². The third kappa shape index (κ3) is 2.49. The first-order chi connectivity index (χ1) is 10.6. The molecule has 0 aliphatic rings. The Morgan fingerprint density at radius 1 is 1.09 bits per heavy atom. The lowest BCUT2D eigenvalue weighted by atomic mass is 10.1. The van der Waals surface area contributed by atoms with Gasteiger partial charge in [0.25, 0.3) is 11.5 Å². The Balaban J connectivity index is 2.11. The number of nitrogens with one attached hydrogen (secondary N) is 1. The number of halogens is 1. The molecule has 1 heterocycles. The fourth-order valence-corrected chi connectivity index (χ4v) is 2.53. The Labute approximate surface area is 132 Å². The third-order valence-electron chi connectivity index (χ3n) is 3.52. The number of nitrogens with zero attached hydrogens (tertiary/aromatic N) is 1. The van der Waals surface area contributed by atoms with Gasteiger partial charge in [-0.05, 0) is 18.2 Å². The molecule has 0 saturated carbocycles. The van der Waals surface area contributed by atoms with Gasteiger partial charge in [-0.25, -0.2) is 0 Å². The second-order valence-corrected chi connectivity index (χ2v) is 5.31. The highest BCUT2D eigenvalue weighted by molar-refractivity contribution is 6.34. The van der Waals surface area contributed by atoms with Gasteiger partial charge in [0.1, 0.15) is 0 Å². The normalized spacial score (nSPS) is 10.6. The molecule has 0 aliphatic heterocycles. The van der Waals surface area contributed by atoms with E-state index < -0.39 is 0 Å². The second-order valence-electron chi connectivity index (χ2n) is 4.91. The summed E-state index contributed by atoms with van der Waals surface area (Å²) in [6.45, 7) is 0. The summed E-state index contributed by atoms with van der Waals surface area (Å²) in [6, 6.07) is 15.6.